The molecule has 0 spiro atoms. The van der Waals surface area contributed by atoms with Crippen molar-refractivity contribution in [1.29, 1.82) is 0 Å². The summed E-state index contributed by atoms with van der Waals surface area (Å²) in [5.41, 5.74) is 9.74. The second-order valence-electron chi connectivity index (χ2n) is 11.9. The van der Waals surface area contributed by atoms with Crippen LogP contribution in [0.15, 0.2) is 176 Å². The average Bonchev–Trinajstić information content (AvgIpc) is 3.48. The van der Waals surface area contributed by atoms with Gasteiger partial charge in [0.25, 0.3) is 0 Å². The van der Waals surface area contributed by atoms with Crippen LogP contribution >= 0.6 is 11.3 Å². The summed E-state index contributed by atoms with van der Waals surface area (Å²) < 4.78 is 2.66. The van der Waals surface area contributed by atoms with Gasteiger partial charge < -0.3 is 4.90 Å². The van der Waals surface area contributed by atoms with Crippen molar-refractivity contribution in [3.63, 3.8) is 0 Å². The minimum Gasteiger partial charge on any atom is -0.311 e. The first-order valence-electron chi connectivity index (χ1n) is 15.6. The van der Waals surface area contributed by atoms with Crippen molar-refractivity contribution >= 4 is 42.9 Å². The molecule has 0 aliphatic heterocycles. The number of benzene rings is 6. The SMILES string of the molecule is CC1C=C(N(c2ccc(-c3ccccc3)cc2)c2cccc(-c3ccc4sc5ccccc5c4c3)c2)C=CC1c1ccccc1. The van der Waals surface area contributed by atoms with E-state index in [2.05, 4.69) is 182 Å². The zero-order chi connectivity index (χ0) is 30.2. The molecule has 45 heavy (non-hydrogen) atoms. The van der Waals surface area contributed by atoms with Crippen LogP contribution in [0.4, 0.5) is 11.4 Å². The summed E-state index contributed by atoms with van der Waals surface area (Å²) in [4.78, 5) is 2.41. The average molecular weight is 596 g/mol. The Bertz CT molecular complexity index is 2170. The molecule has 1 nitrogen and oxygen atoms in total. The molecule has 0 radical (unpaired) electrons. The van der Waals surface area contributed by atoms with Crippen LogP contribution in [0.2, 0.25) is 0 Å². The van der Waals surface area contributed by atoms with E-state index in [1.807, 2.05) is 11.3 Å². The summed E-state index contributed by atoms with van der Waals surface area (Å²) in [6, 6.07) is 55.0. The predicted octanol–water partition coefficient (Wildman–Crippen LogP) is 12.4. The van der Waals surface area contributed by atoms with E-state index in [1.54, 1.807) is 0 Å². The molecule has 2 atom stereocenters. The van der Waals surface area contributed by atoms with Gasteiger partial charge in [0.15, 0.2) is 0 Å². The fraction of sp³-hybridized carbons (Fsp3) is 0.0698. The molecule has 0 N–H and O–H groups in total. The highest BCUT2D eigenvalue weighted by Crippen LogP contribution is 2.41. The summed E-state index contributed by atoms with van der Waals surface area (Å²) in [6.07, 6.45) is 7.11. The van der Waals surface area contributed by atoms with Crippen molar-refractivity contribution in [2.75, 3.05) is 4.90 Å². The van der Waals surface area contributed by atoms with Gasteiger partial charge >= 0.3 is 0 Å². The van der Waals surface area contributed by atoms with Crippen LogP contribution in [0.3, 0.4) is 0 Å². The molecule has 0 saturated heterocycles. The second-order valence-corrected chi connectivity index (χ2v) is 12.9. The number of hydrogen-bond acceptors (Lipinski definition) is 2. The molecule has 6 aromatic carbocycles. The maximum atomic E-state index is 2.43. The van der Waals surface area contributed by atoms with Gasteiger partial charge in [-0.3, -0.25) is 0 Å². The molecular formula is C43H33NS. The molecule has 7 aromatic rings. The molecule has 216 valence electrons. The van der Waals surface area contributed by atoms with Gasteiger partial charge in [-0.15, -0.1) is 11.3 Å². The standard InChI is InChI=1S/C43H33NS/c1-30-27-38(24-25-39(30)33-13-6-3-7-14-33)44(36-22-19-32(20-23-36)31-11-4-2-5-12-31)37-16-10-15-34(28-37)35-21-26-43-41(29-35)40-17-8-9-18-42(40)45-43/h2-30,39H,1H3. The van der Waals surface area contributed by atoms with Crippen molar-refractivity contribution in [2.45, 2.75) is 12.8 Å². The van der Waals surface area contributed by atoms with E-state index in [-0.39, 0.29) is 0 Å². The van der Waals surface area contributed by atoms with Gasteiger partial charge in [-0.1, -0.05) is 128 Å². The fourth-order valence-corrected chi connectivity index (χ4v) is 7.74. The Hall–Kier alpha value is -5.18. The Labute approximate surface area is 269 Å². The third kappa shape index (κ3) is 5.28. The van der Waals surface area contributed by atoms with Crippen LogP contribution in [0.25, 0.3) is 42.4 Å². The molecule has 0 fully saturated rings. The monoisotopic (exact) mass is 595 g/mol. The number of nitrogens with zero attached hydrogens (tertiary/aromatic N) is 1. The minimum atomic E-state index is 0.357. The fourth-order valence-electron chi connectivity index (χ4n) is 6.66. The van der Waals surface area contributed by atoms with E-state index in [1.165, 1.54) is 53.7 Å². The minimum absolute atomic E-state index is 0.357. The van der Waals surface area contributed by atoms with Gasteiger partial charge in [0.05, 0.1) is 0 Å². The largest absolute Gasteiger partial charge is 0.311 e. The van der Waals surface area contributed by atoms with Gasteiger partial charge in [-0.25, -0.2) is 0 Å². The predicted molar refractivity (Wildman–Crippen MR) is 194 cm³/mol. The third-order valence-electron chi connectivity index (χ3n) is 8.96. The molecule has 2 heteroatoms. The quantitative estimate of drug-likeness (QED) is 0.185. The Morgan fingerprint density at radius 2 is 1.16 bits per heavy atom. The van der Waals surface area contributed by atoms with E-state index in [0.29, 0.717) is 11.8 Å². The van der Waals surface area contributed by atoms with Crippen molar-refractivity contribution in [2.24, 2.45) is 5.92 Å². The number of hydrogen-bond donors (Lipinski definition) is 0. The lowest BCUT2D eigenvalue weighted by molar-refractivity contribution is 0.628. The summed E-state index contributed by atoms with van der Waals surface area (Å²) in [5, 5.41) is 2.65. The Balaban J connectivity index is 1.21. The first-order chi connectivity index (χ1) is 22.2. The molecule has 1 heterocycles. The van der Waals surface area contributed by atoms with Gasteiger partial charge in [0.1, 0.15) is 0 Å². The topological polar surface area (TPSA) is 3.24 Å². The Kier molecular flexibility index (Phi) is 7.13. The number of allylic oxidation sites excluding steroid dienone is 3. The molecule has 2 unspecified atom stereocenters. The molecule has 0 bridgehead atoms. The van der Waals surface area contributed by atoms with Crippen LogP contribution in [-0.2, 0) is 0 Å². The first-order valence-corrected chi connectivity index (χ1v) is 16.5. The first kappa shape index (κ1) is 27.4. The molecule has 1 aliphatic carbocycles. The summed E-state index contributed by atoms with van der Waals surface area (Å²) in [5.74, 6) is 0.715. The van der Waals surface area contributed by atoms with Crippen LogP contribution < -0.4 is 4.90 Å². The smallest absolute Gasteiger partial charge is 0.0467 e. The van der Waals surface area contributed by atoms with Crippen molar-refractivity contribution in [3.05, 3.63) is 181 Å². The van der Waals surface area contributed by atoms with Crippen molar-refractivity contribution in [3.8, 4) is 22.3 Å². The number of fused-ring (bicyclic) bond motifs is 3. The van der Waals surface area contributed by atoms with Crippen molar-refractivity contribution < 1.29 is 0 Å². The number of rotatable bonds is 6. The molecule has 1 aromatic heterocycles. The van der Waals surface area contributed by atoms with Crippen LogP contribution in [0, 0.1) is 5.92 Å². The zero-order valence-corrected chi connectivity index (χ0v) is 26.0. The van der Waals surface area contributed by atoms with Crippen LogP contribution in [0.5, 0.6) is 0 Å². The number of thiophene rings is 1. The van der Waals surface area contributed by atoms with E-state index < -0.39 is 0 Å². The third-order valence-corrected chi connectivity index (χ3v) is 10.1. The maximum Gasteiger partial charge on any atom is 0.0467 e. The molecule has 0 saturated carbocycles. The van der Waals surface area contributed by atoms with E-state index >= 15 is 0 Å². The molecule has 1 aliphatic rings. The lowest BCUT2D eigenvalue weighted by Crippen LogP contribution is -2.20. The van der Waals surface area contributed by atoms with Crippen molar-refractivity contribution in [1.82, 2.24) is 0 Å². The Morgan fingerprint density at radius 3 is 1.96 bits per heavy atom. The van der Waals surface area contributed by atoms with Crippen LogP contribution in [0.1, 0.15) is 18.4 Å². The summed E-state index contributed by atoms with van der Waals surface area (Å²) in [7, 11) is 0. The molecule has 8 rings (SSSR count). The van der Waals surface area contributed by atoms with E-state index in [9.17, 15) is 0 Å². The number of anilines is 2. The lowest BCUT2D eigenvalue weighted by Gasteiger charge is -2.32. The van der Waals surface area contributed by atoms with Crippen LogP contribution in [-0.4, -0.2) is 0 Å². The normalized spacial score (nSPS) is 16.2. The Morgan fingerprint density at radius 1 is 0.511 bits per heavy atom. The van der Waals surface area contributed by atoms with Gasteiger partial charge in [-0.2, -0.15) is 0 Å². The van der Waals surface area contributed by atoms with E-state index in [0.717, 1.165) is 11.4 Å². The van der Waals surface area contributed by atoms with Gasteiger partial charge in [-0.05, 0) is 82.3 Å². The summed E-state index contributed by atoms with van der Waals surface area (Å²) in [6.45, 7) is 2.33. The van der Waals surface area contributed by atoms with Gasteiger partial charge in [0.2, 0.25) is 0 Å². The highest BCUT2D eigenvalue weighted by molar-refractivity contribution is 7.25. The summed E-state index contributed by atoms with van der Waals surface area (Å²) >= 11 is 1.86. The zero-order valence-electron chi connectivity index (χ0n) is 25.2. The van der Waals surface area contributed by atoms with E-state index in [4.69, 9.17) is 0 Å². The highest BCUT2D eigenvalue weighted by atomic mass is 32.1. The second kappa shape index (κ2) is 11.7. The lowest BCUT2D eigenvalue weighted by atomic mass is 9.83. The highest BCUT2D eigenvalue weighted by Gasteiger charge is 2.23. The van der Waals surface area contributed by atoms with Gasteiger partial charge in [0, 0.05) is 43.2 Å². The molecular weight excluding hydrogens is 563 g/mol. The maximum absolute atomic E-state index is 2.43. The molecule has 0 amide bonds.